The molecule has 2 aliphatic rings. The van der Waals surface area contributed by atoms with Gasteiger partial charge in [-0.3, -0.25) is 19.7 Å². The van der Waals surface area contributed by atoms with Crippen LogP contribution in [0.5, 0.6) is 0 Å². The van der Waals surface area contributed by atoms with E-state index in [9.17, 15) is 14.4 Å². The quantitative estimate of drug-likeness (QED) is 0.866. The molecule has 1 atom stereocenters. The van der Waals surface area contributed by atoms with Gasteiger partial charge in [-0.1, -0.05) is 0 Å². The van der Waals surface area contributed by atoms with E-state index in [0.717, 1.165) is 23.1 Å². The summed E-state index contributed by atoms with van der Waals surface area (Å²) in [6, 6.07) is 4.73. The molecule has 0 spiro atoms. The molecule has 4 rings (SSSR count). The highest BCUT2D eigenvalue weighted by Crippen LogP contribution is 2.32. The fraction of sp³-hybridized carbons (Fsp3) is 0.333. The highest BCUT2D eigenvalue weighted by atomic mass is 32.1. The van der Waals surface area contributed by atoms with Crippen molar-refractivity contribution < 1.29 is 14.4 Å². The summed E-state index contributed by atoms with van der Waals surface area (Å²) < 4.78 is 0.938. The molecular weight excluding hydrogens is 302 g/mol. The Bertz CT molecular complexity index is 796. The van der Waals surface area contributed by atoms with Crippen molar-refractivity contribution in [1.82, 2.24) is 15.2 Å². The van der Waals surface area contributed by atoms with E-state index in [1.807, 2.05) is 6.07 Å². The predicted octanol–water partition coefficient (Wildman–Crippen LogP) is 1.32. The molecule has 2 fully saturated rings. The largest absolute Gasteiger partial charge is 0.323 e. The van der Waals surface area contributed by atoms with Crippen LogP contribution >= 0.6 is 11.3 Å². The number of hydrogen-bond acceptors (Lipinski definition) is 5. The fourth-order valence-electron chi connectivity index (χ4n) is 2.82. The van der Waals surface area contributed by atoms with Gasteiger partial charge in [0, 0.05) is 11.6 Å². The van der Waals surface area contributed by atoms with Gasteiger partial charge in [-0.2, -0.15) is 0 Å². The Labute approximate surface area is 130 Å². The van der Waals surface area contributed by atoms with Gasteiger partial charge in [0.15, 0.2) is 0 Å². The number of carbonyl (C=O) groups is 3. The second kappa shape index (κ2) is 4.88. The Kier molecular flexibility index (Phi) is 2.97. The van der Waals surface area contributed by atoms with Crippen molar-refractivity contribution in [3.63, 3.8) is 0 Å². The zero-order valence-electron chi connectivity index (χ0n) is 11.6. The van der Waals surface area contributed by atoms with E-state index in [2.05, 4.69) is 10.3 Å². The summed E-state index contributed by atoms with van der Waals surface area (Å²) in [5, 5.41) is 2.28. The molecule has 1 aliphatic heterocycles. The number of carbonyl (C=O) groups excluding carboxylic acids is 3. The van der Waals surface area contributed by atoms with Gasteiger partial charge < -0.3 is 4.90 Å². The van der Waals surface area contributed by atoms with Crippen molar-refractivity contribution in [2.75, 3.05) is 0 Å². The summed E-state index contributed by atoms with van der Waals surface area (Å²) in [6.07, 6.45) is 1.82. The van der Waals surface area contributed by atoms with Crippen LogP contribution in [-0.4, -0.2) is 39.7 Å². The van der Waals surface area contributed by atoms with Crippen LogP contribution in [-0.2, 0) is 9.59 Å². The maximum absolute atomic E-state index is 12.8. The van der Waals surface area contributed by atoms with Crippen LogP contribution in [0.3, 0.4) is 0 Å². The van der Waals surface area contributed by atoms with Crippen LogP contribution in [0.25, 0.3) is 10.2 Å². The lowest BCUT2D eigenvalue weighted by Crippen LogP contribution is -2.45. The number of nitrogens with one attached hydrogen (secondary N) is 1. The summed E-state index contributed by atoms with van der Waals surface area (Å²) in [6.45, 7) is 0. The van der Waals surface area contributed by atoms with Crippen LogP contribution in [0.2, 0.25) is 0 Å². The van der Waals surface area contributed by atoms with Gasteiger partial charge >= 0.3 is 0 Å². The lowest BCUT2D eigenvalue weighted by atomic mass is 10.1. The first-order valence-corrected chi connectivity index (χ1v) is 8.01. The topological polar surface area (TPSA) is 79.4 Å². The van der Waals surface area contributed by atoms with E-state index < -0.39 is 6.04 Å². The van der Waals surface area contributed by atoms with E-state index in [0.29, 0.717) is 5.56 Å². The minimum Gasteiger partial charge on any atom is -0.323 e. The van der Waals surface area contributed by atoms with Crippen LogP contribution in [0.1, 0.15) is 29.6 Å². The fourth-order valence-corrected chi connectivity index (χ4v) is 3.53. The van der Waals surface area contributed by atoms with Crippen molar-refractivity contribution >= 4 is 39.3 Å². The van der Waals surface area contributed by atoms with Crippen molar-refractivity contribution in [3.8, 4) is 0 Å². The Morgan fingerprint density at radius 3 is 2.82 bits per heavy atom. The van der Waals surface area contributed by atoms with E-state index in [4.69, 9.17) is 0 Å². The Morgan fingerprint density at radius 1 is 1.32 bits per heavy atom. The summed E-state index contributed by atoms with van der Waals surface area (Å²) in [7, 11) is 0. The Balaban J connectivity index is 1.68. The van der Waals surface area contributed by atoms with Crippen LogP contribution in [0, 0.1) is 0 Å². The zero-order valence-corrected chi connectivity index (χ0v) is 12.4. The number of thiazole rings is 1. The first-order chi connectivity index (χ1) is 10.6. The van der Waals surface area contributed by atoms with Gasteiger partial charge in [-0.05, 0) is 31.0 Å². The van der Waals surface area contributed by atoms with Crippen LogP contribution in [0.15, 0.2) is 23.7 Å². The molecule has 6 nitrogen and oxygen atoms in total. The molecule has 22 heavy (non-hydrogen) atoms. The van der Waals surface area contributed by atoms with E-state index in [1.165, 1.54) is 11.3 Å². The average Bonchev–Trinajstić information content (AvgIpc) is 3.11. The number of nitrogens with zero attached hydrogens (tertiary/aromatic N) is 2. The maximum atomic E-state index is 12.8. The molecule has 1 saturated heterocycles. The van der Waals surface area contributed by atoms with Crippen molar-refractivity contribution in [2.24, 2.45) is 0 Å². The third kappa shape index (κ3) is 2.18. The highest BCUT2D eigenvalue weighted by molar-refractivity contribution is 7.16. The van der Waals surface area contributed by atoms with Gasteiger partial charge in [-0.15, -0.1) is 11.3 Å². The third-order valence-electron chi connectivity index (χ3n) is 4.03. The van der Waals surface area contributed by atoms with Crippen molar-refractivity contribution in [3.05, 3.63) is 29.3 Å². The smallest absolute Gasteiger partial charge is 0.254 e. The van der Waals surface area contributed by atoms with E-state index in [1.54, 1.807) is 22.5 Å². The van der Waals surface area contributed by atoms with Gasteiger partial charge in [0.1, 0.15) is 6.04 Å². The second-order valence-corrected chi connectivity index (χ2v) is 6.50. The SMILES string of the molecule is O=C1CC(N(C(=O)c2ccc3ncsc3c2)C2CC2)C(=O)N1. The zero-order chi connectivity index (χ0) is 15.3. The predicted molar refractivity (Wildman–Crippen MR) is 80.4 cm³/mol. The monoisotopic (exact) mass is 315 g/mol. The summed E-state index contributed by atoms with van der Waals surface area (Å²) in [5.74, 6) is -0.872. The second-order valence-electron chi connectivity index (χ2n) is 5.61. The number of imide groups is 1. The minimum atomic E-state index is -0.676. The molecule has 0 radical (unpaired) electrons. The number of amides is 3. The third-order valence-corrected chi connectivity index (χ3v) is 4.82. The van der Waals surface area contributed by atoms with Gasteiger partial charge in [-0.25, -0.2) is 4.98 Å². The lowest BCUT2D eigenvalue weighted by Gasteiger charge is -2.26. The number of rotatable bonds is 3. The summed E-state index contributed by atoms with van der Waals surface area (Å²) in [5.41, 5.74) is 3.13. The molecule has 112 valence electrons. The Hall–Kier alpha value is -2.28. The van der Waals surface area contributed by atoms with Gasteiger partial charge in [0.2, 0.25) is 11.8 Å². The minimum absolute atomic E-state index is 0.0594. The number of aromatic nitrogens is 1. The number of benzene rings is 1. The van der Waals surface area contributed by atoms with E-state index >= 15 is 0 Å². The molecule has 1 N–H and O–H groups in total. The van der Waals surface area contributed by atoms with E-state index in [-0.39, 0.29) is 30.2 Å². The molecule has 1 unspecified atom stereocenters. The molecule has 1 aromatic heterocycles. The average molecular weight is 315 g/mol. The molecule has 2 aromatic rings. The molecular formula is C15H13N3O3S. The molecule has 3 amide bonds. The number of hydrogen-bond donors (Lipinski definition) is 1. The van der Waals surface area contributed by atoms with Gasteiger partial charge in [0.05, 0.1) is 22.1 Å². The summed E-state index contributed by atoms with van der Waals surface area (Å²) in [4.78, 5) is 42.0. The first kappa shape index (κ1) is 13.4. The normalized spacial score (nSPS) is 21.2. The van der Waals surface area contributed by atoms with Crippen molar-refractivity contribution in [2.45, 2.75) is 31.3 Å². The lowest BCUT2D eigenvalue weighted by molar-refractivity contribution is -0.126. The standard InChI is InChI=1S/C15H13N3O3S/c19-13-6-11(14(20)17-13)18(9-2-3-9)15(21)8-1-4-10-12(5-8)22-7-16-10/h1,4-5,7,9,11H,2-3,6H2,(H,17,19,20). The molecule has 1 aromatic carbocycles. The molecule has 1 saturated carbocycles. The highest BCUT2D eigenvalue weighted by Gasteiger charge is 2.44. The summed E-state index contributed by atoms with van der Waals surface area (Å²) >= 11 is 1.47. The molecule has 7 heteroatoms. The number of fused-ring (bicyclic) bond motifs is 1. The van der Waals surface area contributed by atoms with Gasteiger partial charge in [0.25, 0.3) is 5.91 Å². The first-order valence-electron chi connectivity index (χ1n) is 7.13. The van der Waals surface area contributed by atoms with Crippen molar-refractivity contribution in [1.29, 1.82) is 0 Å². The molecule has 2 heterocycles. The molecule has 1 aliphatic carbocycles. The Morgan fingerprint density at radius 2 is 2.14 bits per heavy atom. The van der Waals surface area contributed by atoms with Crippen LogP contribution < -0.4 is 5.32 Å². The van der Waals surface area contributed by atoms with Crippen LogP contribution in [0.4, 0.5) is 0 Å². The molecule has 0 bridgehead atoms. The maximum Gasteiger partial charge on any atom is 0.254 e.